The van der Waals surface area contributed by atoms with E-state index in [1.165, 1.54) is 99.3 Å². The monoisotopic (exact) mass is 844 g/mol. The summed E-state index contributed by atoms with van der Waals surface area (Å²) in [5, 5.41) is 7.64. The van der Waals surface area contributed by atoms with Crippen molar-refractivity contribution >= 4 is 60.8 Å². The summed E-state index contributed by atoms with van der Waals surface area (Å²) in [6.45, 7) is 7.03. The Bertz CT molecular complexity index is 3650. The largest absolute Gasteiger partial charge is 0.333 e. The SMILES string of the molecule is Cc1ccc2c(-c3ccc4ccccc4c3)c3ccccc3c(-c3ccc4c(c3)C(C)(C)c3cc(N(c5ccccc5)c5ccc(N6c7ccccc7C7C=CC=CC76)cc5)ccc3-4)c2c1. The molecule has 0 saturated heterocycles. The van der Waals surface area contributed by atoms with Crippen LogP contribution in [0, 0.1) is 6.92 Å². The van der Waals surface area contributed by atoms with Crippen molar-refractivity contribution in [1.82, 2.24) is 0 Å². The molecule has 2 nitrogen and oxygen atoms in total. The minimum Gasteiger partial charge on any atom is -0.333 e. The molecule has 1 heterocycles. The number of fused-ring (bicyclic) bond motifs is 9. The zero-order valence-corrected chi connectivity index (χ0v) is 37.4. The van der Waals surface area contributed by atoms with Crippen LogP contribution < -0.4 is 9.80 Å². The molecule has 0 N–H and O–H groups in total. The van der Waals surface area contributed by atoms with E-state index in [0.29, 0.717) is 5.92 Å². The van der Waals surface area contributed by atoms with Gasteiger partial charge in [-0.15, -0.1) is 0 Å². The summed E-state index contributed by atoms with van der Waals surface area (Å²) in [5.41, 5.74) is 18.7. The molecule has 0 aromatic heterocycles. The number of allylic oxidation sites excluding steroid dienone is 2. The van der Waals surface area contributed by atoms with Crippen molar-refractivity contribution < 1.29 is 0 Å². The van der Waals surface area contributed by atoms with Gasteiger partial charge in [0, 0.05) is 39.8 Å². The number of benzene rings is 10. The summed E-state index contributed by atoms with van der Waals surface area (Å²) in [6, 6.07) is 75.2. The van der Waals surface area contributed by atoms with Gasteiger partial charge in [-0.3, -0.25) is 0 Å². The molecule has 2 heteroatoms. The molecule has 10 aromatic carbocycles. The van der Waals surface area contributed by atoms with E-state index < -0.39 is 0 Å². The number of anilines is 5. The van der Waals surface area contributed by atoms with Crippen LogP contribution in [0.5, 0.6) is 0 Å². The van der Waals surface area contributed by atoms with Crippen molar-refractivity contribution in [3.8, 4) is 33.4 Å². The first-order valence-corrected chi connectivity index (χ1v) is 23.3. The third-order valence-electron chi connectivity index (χ3n) is 14.8. The third kappa shape index (κ3) is 5.88. The van der Waals surface area contributed by atoms with Gasteiger partial charge in [-0.25, -0.2) is 0 Å². The average molecular weight is 845 g/mol. The van der Waals surface area contributed by atoms with Crippen molar-refractivity contribution in [3.63, 3.8) is 0 Å². The number of hydrogen-bond acceptors (Lipinski definition) is 2. The van der Waals surface area contributed by atoms with Gasteiger partial charge in [0.25, 0.3) is 0 Å². The van der Waals surface area contributed by atoms with E-state index in [1.54, 1.807) is 0 Å². The minimum absolute atomic E-state index is 0.239. The van der Waals surface area contributed by atoms with E-state index in [4.69, 9.17) is 0 Å². The molecule has 1 aliphatic heterocycles. The van der Waals surface area contributed by atoms with Crippen molar-refractivity contribution in [2.24, 2.45) is 0 Å². The zero-order valence-electron chi connectivity index (χ0n) is 37.4. The van der Waals surface area contributed by atoms with Crippen LogP contribution in [0.25, 0.3) is 65.7 Å². The molecule has 2 aliphatic carbocycles. The fourth-order valence-corrected chi connectivity index (χ4v) is 11.7. The van der Waals surface area contributed by atoms with Gasteiger partial charge in [-0.1, -0.05) is 177 Å². The zero-order chi connectivity index (χ0) is 44.1. The molecular formula is C64H48N2. The van der Waals surface area contributed by atoms with E-state index in [2.05, 4.69) is 255 Å². The van der Waals surface area contributed by atoms with E-state index in [0.717, 1.165) is 17.1 Å². The van der Waals surface area contributed by atoms with Gasteiger partial charge >= 0.3 is 0 Å². The Hall–Kier alpha value is -7.94. The Labute approximate surface area is 387 Å². The van der Waals surface area contributed by atoms with Crippen LogP contribution in [0.4, 0.5) is 28.4 Å². The highest BCUT2D eigenvalue weighted by Gasteiger charge is 2.38. The average Bonchev–Trinajstić information content (AvgIpc) is 3.81. The second kappa shape index (κ2) is 14.8. The summed E-state index contributed by atoms with van der Waals surface area (Å²) in [4.78, 5) is 4.92. The van der Waals surface area contributed by atoms with Gasteiger partial charge in [0.15, 0.2) is 0 Å². The highest BCUT2D eigenvalue weighted by atomic mass is 15.2. The summed E-state index contributed by atoms with van der Waals surface area (Å²) < 4.78 is 0. The Morgan fingerprint density at radius 2 is 1.06 bits per heavy atom. The topological polar surface area (TPSA) is 6.48 Å². The third-order valence-corrected chi connectivity index (χ3v) is 14.8. The maximum Gasteiger partial charge on any atom is 0.0629 e. The molecule has 0 saturated carbocycles. The van der Waals surface area contributed by atoms with Crippen molar-refractivity contribution in [2.75, 3.05) is 9.80 Å². The molecule has 10 aromatic rings. The number of hydrogen-bond donors (Lipinski definition) is 0. The Balaban J connectivity index is 0.908. The summed E-state index contributed by atoms with van der Waals surface area (Å²) >= 11 is 0. The Morgan fingerprint density at radius 1 is 0.455 bits per heavy atom. The van der Waals surface area contributed by atoms with E-state index >= 15 is 0 Å². The Morgan fingerprint density at radius 3 is 1.88 bits per heavy atom. The molecule has 0 spiro atoms. The lowest BCUT2D eigenvalue weighted by atomic mass is 9.80. The van der Waals surface area contributed by atoms with Gasteiger partial charge in [-0.2, -0.15) is 0 Å². The van der Waals surface area contributed by atoms with Crippen LogP contribution in [-0.4, -0.2) is 6.04 Å². The van der Waals surface area contributed by atoms with Crippen LogP contribution in [0.2, 0.25) is 0 Å². The molecule has 0 amide bonds. The van der Waals surface area contributed by atoms with Crippen LogP contribution in [0.15, 0.2) is 224 Å². The molecular weight excluding hydrogens is 797 g/mol. The molecule has 2 unspecified atom stereocenters. The first-order chi connectivity index (χ1) is 32.4. The van der Waals surface area contributed by atoms with Crippen LogP contribution in [0.3, 0.4) is 0 Å². The quantitative estimate of drug-likeness (QED) is 0.154. The standard InChI is InChI=1S/C64H48N2/c1-41-25-34-56-57(37-41)63(55-22-10-9-21-54(55)62(56)44-27-26-42-15-7-8-16-43(42)38-44)45-28-35-50-51-36-33-49(40-59(51)64(2,3)58(50)39-45)65(46-17-5-4-6-18-46)47-29-31-48(32-30-47)66-60-23-13-11-19-52(60)53-20-12-14-24-61(53)66/h4-40,52,60H,1-3H3. The molecule has 13 rings (SSSR count). The Kier molecular flexibility index (Phi) is 8.64. The lowest BCUT2D eigenvalue weighted by Crippen LogP contribution is -2.28. The fourth-order valence-electron chi connectivity index (χ4n) is 11.7. The highest BCUT2D eigenvalue weighted by Crippen LogP contribution is 2.54. The number of nitrogens with zero attached hydrogens (tertiary/aromatic N) is 2. The predicted molar refractivity (Wildman–Crippen MR) is 280 cm³/mol. The van der Waals surface area contributed by atoms with Crippen LogP contribution >= 0.6 is 0 Å². The van der Waals surface area contributed by atoms with Crippen molar-refractivity contribution in [1.29, 1.82) is 0 Å². The van der Waals surface area contributed by atoms with Crippen LogP contribution in [-0.2, 0) is 5.41 Å². The smallest absolute Gasteiger partial charge is 0.0629 e. The molecule has 0 fully saturated rings. The van der Waals surface area contributed by atoms with Crippen LogP contribution in [0.1, 0.15) is 42.0 Å². The summed E-state index contributed by atoms with van der Waals surface area (Å²) in [6.07, 6.45) is 9.07. The maximum absolute atomic E-state index is 2.51. The van der Waals surface area contributed by atoms with Crippen molar-refractivity contribution in [3.05, 3.63) is 247 Å². The van der Waals surface area contributed by atoms with Gasteiger partial charge in [0.1, 0.15) is 0 Å². The minimum atomic E-state index is -0.239. The van der Waals surface area contributed by atoms with Gasteiger partial charge in [0.2, 0.25) is 0 Å². The number of para-hydroxylation sites is 2. The second-order valence-corrected chi connectivity index (χ2v) is 18.9. The molecule has 3 aliphatic rings. The highest BCUT2D eigenvalue weighted by molar-refractivity contribution is 6.22. The van der Waals surface area contributed by atoms with E-state index in [-0.39, 0.29) is 11.5 Å². The van der Waals surface area contributed by atoms with Gasteiger partial charge in [0.05, 0.1) is 6.04 Å². The molecule has 66 heavy (non-hydrogen) atoms. The van der Waals surface area contributed by atoms with Gasteiger partial charge in [-0.05, 0) is 156 Å². The lowest BCUT2D eigenvalue weighted by Gasteiger charge is -2.30. The number of aryl methyl sites for hydroxylation is 1. The van der Waals surface area contributed by atoms with E-state index in [9.17, 15) is 0 Å². The molecule has 314 valence electrons. The normalized spacial score (nSPS) is 16.4. The fraction of sp³-hybridized carbons (Fsp3) is 0.0938. The molecule has 0 radical (unpaired) electrons. The van der Waals surface area contributed by atoms with Crippen molar-refractivity contribution in [2.45, 2.75) is 38.1 Å². The molecule has 2 atom stereocenters. The van der Waals surface area contributed by atoms with Gasteiger partial charge < -0.3 is 9.80 Å². The first-order valence-electron chi connectivity index (χ1n) is 23.3. The predicted octanol–water partition coefficient (Wildman–Crippen LogP) is 17.3. The molecule has 0 bridgehead atoms. The number of rotatable bonds is 6. The second-order valence-electron chi connectivity index (χ2n) is 18.9. The lowest BCUT2D eigenvalue weighted by molar-refractivity contribution is 0.660. The first kappa shape index (κ1) is 38.5. The van der Waals surface area contributed by atoms with E-state index in [1.807, 2.05) is 0 Å². The summed E-state index contributed by atoms with van der Waals surface area (Å²) in [5.74, 6) is 0.353. The summed E-state index contributed by atoms with van der Waals surface area (Å²) in [7, 11) is 0. The maximum atomic E-state index is 2.51.